The van der Waals surface area contributed by atoms with Crippen LogP contribution in [0.2, 0.25) is 0 Å². The molecule has 0 aromatic rings. The number of rotatable bonds is 1. The molecule has 0 N–H and O–H groups in total. The van der Waals surface area contributed by atoms with Crippen LogP contribution in [0.25, 0.3) is 0 Å². The number of Topliss-reactive ketones (excluding diaryl/α,β-unsaturated/α-hetero) is 1. The van der Waals surface area contributed by atoms with Gasteiger partial charge in [0.15, 0.2) is 5.78 Å². The van der Waals surface area contributed by atoms with E-state index in [9.17, 15) is 9.59 Å². The monoisotopic (exact) mass is 238 g/mol. The highest BCUT2D eigenvalue weighted by Gasteiger charge is 2.74. The molecule has 0 unspecified atom stereocenters. The summed E-state index contributed by atoms with van der Waals surface area (Å²) in [5, 5.41) is 0. The Balaban J connectivity index is 1.90. The van der Waals surface area contributed by atoms with Crippen molar-refractivity contribution in [2.24, 2.45) is 5.41 Å². The Morgan fingerprint density at radius 1 is 1.47 bits per heavy atom. The lowest BCUT2D eigenvalue weighted by Crippen LogP contribution is -2.54. The predicted molar refractivity (Wildman–Crippen MR) is 59.4 cm³/mol. The first kappa shape index (κ1) is 11.2. The first-order chi connectivity index (χ1) is 7.99. The molecule has 4 atom stereocenters. The highest BCUT2D eigenvalue weighted by molar-refractivity contribution is 5.88. The zero-order valence-corrected chi connectivity index (χ0v) is 10.3. The summed E-state index contributed by atoms with van der Waals surface area (Å²) >= 11 is 0. The molecular weight excluding hydrogens is 220 g/mol. The zero-order valence-electron chi connectivity index (χ0n) is 10.3. The Hall–Kier alpha value is -0.900. The zero-order chi connectivity index (χ0) is 12.3. The van der Waals surface area contributed by atoms with Gasteiger partial charge in [-0.15, -0.1) is 0 Å². The third-order valence-electron chi connectivity index (χ3n) is 4.88. The molecule has 4 heteroatoms. The number of carbonyl (C=O) groups is 2. The maximum atomic E-state index is 11.7. The van der Waals surface area contributed by atoms with Gasteiger partial charge in [-0.05, 0) is 25.7 Å². The molecule has 2 saturated carbocycles. The van der Waals surface area contributed by atoms with Gasteiger partial charge in [0.25, 0.3) is 0 Å². The number of epoxide rings is 1. The lowest BCUT2D eigenvalue weighted by atomic mass is 9.58. The topological polar surface area (TPSA) is 55.9 Å². The van der Waals surface area contributed by atoms with Crippen LogP contribution in [-0.2, 0) is 19.1 Å². The Kier molecular flexibility index (Phi) is 2.18. The van der Waals surface area contributed by atoms with Gasteiger partial charge in [0.05, 0.1) is 0 Å². The fourth-order valence-electron chi connectivity index (χ4n) is 3.83. The summed E-state index contributed by atoms with van der Waals surface area (Å²) in [5.74, 6) is -0.00618. The van der Waals surface area contributed by atoms with Crippen molar-refractivity contribution < 1.29 is 19.1 Å². The highest BCUT2D eigenvalue weighted by Crippen LogP contribution is 2.64. The van der Waals surface area contributed by atoms with Crippen molar-refractivity contribution in [3.63, 3.8) is 0 Å². The van der Waals surface area contributed by atoms with Crippen molar-refractivity contribution in [1.29, 1.82) is 0 Å². The lowest BCUT2D eigenvalue weighted by molar-refractivity contribution is -0.163. The molecule has 4 nitrogen and oxygen atoms in total. The summed E-state index contributed by atoms with van der Waals surface area (Å²) in [6.45, 7) is 3.57. The van der Waals surface area contributed by atoms with Crippen LogP contribution in [0.1, 0.15) is 46.0 Å². The van der Waals surface area contributed by atoms with Crippen molar-refractivity contribution in [3.8, 4) is 0 Å². The fourth-order valence-corrected chi connectivity index (χ4v) is 3.83. The molecule has 0 aromatic heterocycles. The Morgan fingerprint density at radius 3 is 2.94 bits per heavy atom. The van der Waals surface area contributed by atoms with E-state index < -0.39 is 0 Å². The van der Waals surface area contributed by atoms with E-state index in [0.29, 0.717) is 6.42 Å². The highest BCUT2D eigenvalue weighted by atomic mass is 16.6. The largest absolute Gasteiger partial charge is 0.462 e. The van der Waals surface area contributed by atoms with Gasteiger partial charge in [-0.3, -0.25) is 9.59 Å². The fraction of sp³-hybridized carbons (Fsp3) is 0.846. The molecule has 0 radical (unpaired) electrons. The van der Waals surface area contributed by atoms with Crippen LogP contribution in [0.15, 0.2) is 0 Å². The van der Waals surface area contributed by atoms with E-state index in [0.717, 1.165) is 25.7 Å². The molecule has 3 fully saturated rings. The number of carbonyl (C=O) groups excluding carboxylic acids is 2. The van der Waals surface area contributed by atoms with Gasteiger partial charge in [-0.25, -0.2) is 0 Å². The van der Waals surface area contributed by atoms with Gasteiger partial charge < -0.3 is 9.47 Å². The molecule has 1 aliphatic heterocycles. The summed E-state index contributed by atoms with van der Waals surface area (Å²) in [5.41, 5.74) is -0.490. The predicted octanol–water partition coefficient (Wildman–Crippen LogP) is 1.61. The summed E-state index contributed by atoms with van der Waals surface area (Å²) in [4.78, 5) is 22.9. The van der Waals surface area contributed by atoms with Crippen LogP contribution in [0.4, 0.5) is 0 Å². The summed E-state index contributed by atoms with van der Waals surface area (Å²) in [6, 6.07) is 0. The van der Waals surface area contributed by atoms with Crippen LogP contribution in [-0.4, -0.2) is 29.6 Å². The van der Waals surface area contributed by atoms with Crippen LogP contribution in [0, 0.1) is 5.41 Å². The van der Waals surface area contributed by atoms with E-state index in [1.807, 2.05) is 0 Å². The van der Waals surface area contributed by atoms with E-state index in [-0.39, 0.29) is 35.0 Å². The minimum Gasteiger partial charge on any atom is -0.462 e. The molecular formula is C13H18O4. The second-order valence-corrected chi connectivity index (χ2v) is 5.76. The van der Waals surface area contributed by atoms with Gasteiger partial charge in [0.1, 0.15) is 17.8 Å². The van der Waals surface area contributed by atoms with Gasteiger partial charge in [0, 0.05) is 18.8 Å². The van der Waals surface area contributed by atoms with E-state index in [4.69, 9.17) is 9.47 Å². The molecule has 0 aromatic carbocycles. The second-order valence-electron chi connectivity index (χ2n) is 5.76. The minimum atomic E-state index is -0.319. The molecule has 0 amide bonds. The first-order valence-corrected chi connectivity index (χ1v) is 6.37. The molecule has 1 saturated heterocycles. The third kappa shape index (κ3) is 1.33. The molecule has 1 heterocycles. The van der Waals surface area contributed by atoms with Crippen molar-refractivity contribution in [2.45, 2.75) is 63.8 Å². The Bertz CT molecular complexity index is 391. The molecule has 94 valence electrons. The molecule has 3 aliphatic rings. The van der Waals surface area contributed by atoms with Crippen LogP contribution >= 0.6 is 0 Å². The third-order valence-corrected chi connectivity index (χ3v) is 4.88. The normalized spacial score (nSPS) is 48.0. The second kappa shape index (κ2) is 3.31. The average Bonchev–Trinajstić information content (AvgIpc) is 2.98. The summed E-state index contributed by atoms with van der Waals surface area (Å²) in [7, 11) is 0. The Labute approximate surface area is 101 Å². The van der Waals surface area contributed by atoms with Crippen LogP contribution in [0.3, 0.4) is 0 Å². The maximum absolute atomic E-state index is 11.7. The molecule has 17 heavy (non-hydrogen) atoms. The van der Waals surface area contributed by atoms with Gasteiger partial charge >= 0.3 is 5.97 Å². The van der Waals surface area contributed by atoms with Crippen LogP contribution in [0.5, 0.6) is 0 Å². The quantitative estimate of drug-likeness (QED) is 0.514. The number of ketones is 1. The lowest BCUT2D eigenvalue weighted by Gasteiger charge is -2.47. The number of ether oxygens (including phenoxy) is 2. The standard InChI is InChI=1S/C13H18O4/c1-8(14)16-10-4-3-6-13-11(17-13)9(15)5-7-12(10,13)2/h10-11H,3-7H2,1-2H3/t10-,11-,12+,13-/m0/s1. The average molecular weight is 238 g/mol. The first-order valence-electron chi connectivity index (χ1n) is 6.37. The van der Waals surface area contributed by atoms with Gasteiger partial charge in [-0.2, -0.15) is 0 Å². The van der Waals surface area contributed by atoms with E-state index in [1.165, 1.54) is 6.92 Å². The maximum Gasteiger partial charge on any atom is 0.302 e. The van der Waals surface area contributed by atoms with Crippen LogP contribution < -0.4 is 0 Å². The minimum absolute atomic E-state index is 0.0909. The number of hydrogen-bond acceptors (Lipinski definition) is 4. The SMILES string of the molecule is CC(=O)O[C@H]1CCC[C@]23O[C@H]2C(=O)CC[C@]13C. The summed E-state index contributed by atoms with van der Waals surface area (Å²) < 4.78 is 11.2. The Morgan fingerprint density at radius 2 is 2.24 bits per heavy atom. The van der Waals surface area contributed by atoms with E-state index in [1.54, 1.807) is 0 Å². The van der Waals surface area contributed by atoms with Gasteiger partial charge in [0.2, 0.25) is 0 Å². The van der Waals surface area contributed by atoms with E-state index >= 15 is 0 Å². The van der Waals surface area contributed by atoms with Gasteiger partial charge in [-0.1, -0.05) is 6.92 Å². The molecule has 2 aliphatic carbocycles. The van der Waals surface area contributed by atoms with E-state index in [2.05, 4.69) is 6.92 Å². The van der Waals surface area contributed by atoms with Crippen molar-refractivity contribution >= 4 is 11.8 Å². The number of hydrogen-bond donors (Lipinski definition) is 0. The number of esters is 1. The molecule has 0 bridgehead atoms. The van der Waals surface area contributed by atoms with Crippen molar-refractivity contribution in [2.75, 3.05) is 0 Å². The van der Waals surface area contributed by atoms with Crippen molar-refractivity contribution in [1.82, 2.24) is 0 Å². The molecule has 1 spiro atoms. The van der Waals surface area contributed by atoms with Crippen molar-refractivity contribution in [3.05, 3.63) is 0 Å². The molecule has 3 rings (SSSR count). The summed E-state index contributed by atoms with van der Waals surface area (Å²) in [6.07, 6.45) is 3.81. The smallest absolute Gasteiger partial charge is 0.302 e.